The van der Waals surface area contributed by atoms with E-state index < -0.39 is 0 Å². The van der Waals surface area contributed by atoms with E-state index in [0.29, 0.717) is 0 Å². The van der Waals surface area contributed by atoms with Crippen LogP contribution in [0.25, 0.3) is 0 Å². The van der Waals surface area contributed by atoms with Crippen molar-refractivity contribution < 1.29 is 0 Å². The maximum atomic E-state index is 4.31. The Hall–Kier alpha value is -0.540. The fourth-order valence-electron chi connectivity index (χ4n) is 1.93. The second-order valence-electron chi connectivity index (χ2n) is 4.02. The van der Waals surface area contributed by atoms with Gasteiger partial charge < -0.3 is 5.32 Å². The standard InChI is InChI=1S/C12H18N2S/c1-2-8-14-12(5-1)15-9-6-11-4-3-7-13-10-11/h1-2,5,8,11,13H,3-4,6-7,9-10H2. The molecule has 1 aliphatic rings. The monoisotopic (exact) mass is 222 g/mol. The van der Waals surface area contributed by atoms with Crippen LogP contribution >= 0.6 is 11.8 Å². The highest BCUT2D eigenvalue weighted by molar-refractivity contribution is 7.99. The van der Waals surface area contributed by atoms with E-state index in [4.69, 9.17) is 0 Å². The van der Waals surface area contributed by atoms with E-state index in [0.717, 1.165) is 10.9 Å². The molecule has 1 aromatic heterocycles. The van der Waals surface area contributed by atoms with Crippen molar-refractivity contribution in [3.8, 4) is 0 Å². The van der Waals surface area contributed by atoms with E-state index in [1.165, 1.54) is 38.1 Å². The van der Waals surface area contributed by atoms with Crippen molar-refractivity contribution in [2.75, 3.05) is 18.8 Å². The van der Waals surface area contributed by atoms with Crippen molar-refractivity contribution in [1.29, 1.82) is 0 Å². The lowest BCUT2D eigenvalue weighted by atomic mass is 9.97. The van der Waals surface area contributed by atoms with Crippen molar-refractivity contribution in [3.05, 3.63) is 24.4 Å². The molecule has 0 saturated carbocycles. The first-order valence-electron chi connectivity index (χ1n) is 5.70. The molecule has 15 heavy (non-hydrogen) atoms. The third-order valence-electron chi connectivity index (χ3n) is 2.81. The van der Waals surface area contributed by atoms with Crippen LogP contribution in [0, 0.1) is 5.92 Å². The molecule has 1 unspecified atom stereocenters. The summed E-state index contributed by atoms with van der Waals surface area (Å²) in [6.45, 7) is 2.42. The van der Waals surface area contributed by atoms with Gasteiger partial charge in [-0.2, -0.15) is 0 Å². The normalized spacial score (nSPS) is 21.5. The van der Waals surface area contributed by atoms with Gasteiger partial charge in [0.05, 0.1) is 5.03 Å². The number of nitrogens with zero attached hydrogens (tertiary/aromatic N) is 1. The van der Waals surface area contributed by atoms with E-state index in [9.17, 15) is 0 Å². The highest BCUT2D eigenvalue weighted by Crippen LogP contribution is 2.20. The highest BCUT2D eigenvalue weighted by atomic mass is 32.2. The summed E-state index contributed by atoms with van der Waals surface area (Å²) in [6.07, 6.45) is 5.92. The first kappa shape index (κ1) is 11.0. The molecule has 1 aromatic rings. The van der Waals surface area contributed by atoms with E-state index in [2.05, 4.69) is 22.4 Å². The number of rotatable bonds is 4. The molecule has 0 aliphatic carbocycles. The smallest absolute Gasteiger partial charge is 0.0959 e. The Morgan fingerprint density at radius 2 is 2.47 bits per heavy atom. The Balaban J connectivity index is 1.66. The second-order valence-corrected chi connectivity index (χ2v) is 5.13. The van der Waals surface area contributed by atoms with Crippen LogP contribution in [-0.4, -0.2) is 23.8 Å². The molecular formula is C12H18N2S. The molecule has 82 valence electrons. The molecule has 3 heteroatoms. The van der Waals surface area contributed by atoms with Crippen LogP contribution in [0.2, 0.25) is 0 Å². The molecular weight excluding hydrogens is 204 g/mol. The fraction of sp³-hybridized carbons (Fsp3) is 0.583. The van der Waals surface area contributed by atoms with Crippen LogP contribution in [0.5, 0.6) is 0 Å². The number of thioether (sulfide) groups is 1. The van der Waals surface area contributed by atoms with Gasteiger partial charge in [0.15, 0.2) is 0 Å². The van der Waals surface area contributed by atoms with E-state index in [1.807, 2.05) is 24.0 Å². The largest absolute Gasteiger partial charge is 0.316 e. The maximum absolute atomic E-state index is 4.31. The van der Waals surface area contributed by atoms with Gasteiger partial charge in [0.1, 0.15) is 0 Å². The number of hydrogen-bond donors (Lipinski definition) is 1. The molecule has 2 rings (SSSR count). The Morgan fingerprint density at radius 3 is 3.20 bits per heavy atom. The predicted molar refractivity (Wildman–Crippen MR) is 65.2 cm³/mol. The van der Waals surface area contributed by atoms with Crippen molar-refractivity contribution in [2.24, 2.45) is 5.92 Å². The van der Waals surface area contributed by atoms with Crippen molar-refractivity contribution >= 4 is 11.8 Å². The maximum Gasteiger partial charge on any atom is 0.0959 e. The van der Waals surface area contributed by atoms with E-state index >= 15 is 0 Å². The van der Waals surface area contributed by atoms with Gasteiger partial charge in [-0.1, -0.05) is 6.07 Å². The Kier molecular flexibility index (Phi) is 4.48. The third kappa shape index (κ3) is 3.84. The van der Waals surface area contributed by atoms with Crippen LogP contribution in [0.4, 0.5) is 0 Å². The van der Waals surface area contributed by atoms with Gasteiger partial charge in [-0.25, -0.2) is 4.98 Å². The zero-order valence-corrected chi connectivity index (χ0v) is 9.80. The molecule has 1 saturated heterocycles. The lowest BCUT2D eigenvalue weighted by molar-refractivity contribution is 0.371. The highest BCUT2D eigenvalue weighted by Gasteiger charge is 2.12. The first-order chi connectivity index (χ1) is 7.45. The molecule has 2 heterocycles. The molecule has 2 nitrogen and oxygen atoms in total. The number of hydrogen-bond acceptors (Lipinski definition) is 3. The Bertz CT molecular complexity index is 270. The molecule has 0 bridgehead atoms. The van der Waals surface area contributed by atoms with Crippen molar-refractivity contribution in [1.82, 2.24) is 10.3 Å². The third-order valence-corrected chi connectivity index (χ3v) is 3.79. The lowest BCUT2D eigenvalue weighted by Gasteiger charge is -2.22. The minimum atomic E-state index is 0.884. The predicted octanol–water partition coefficient (Wildman–Crippen LogP) is 2.56. The van der Waals surface area contributed by atoms with Gasteiger partial charge >= 0.3 is 0 Å². The minimum Gasteiger partial charge on any atom is -0.316 e. The van der Waals surface area contributed by atoms with E-state index in [1.54, 1.807) is 0 Å². The van der Waals surface area contributed by atoms with Crippen LogP contribution in [-0.2, 0) is 0 Å². The first-order valence-corrected chi connectivity index (χ1v) is 6.68. The summed E-state index contributed by atoms with van der Waals surface area (Å²) in [5, 5.41) is 4.61. The van der Waals surface area contributed by atoms with Gasteiger partial charge in [0.25, 0.3) is 0 Å². The van der Waals surface area contributed by atoms with Crippen LogP contribution in [0.15, 0.2) is 29.4 Å². The Labute approximate surface area is 95.9 Å². The molecule has 1 atom stereocenters. The van der Waals surface area contributed by atoms with Crippen LogP contribution in [0.1, 0.15) is 19.3 Å². The molecule has 0 amide bonds. The molecule has 1 aliphatic heterocycles. The number of piperidine rings is 1. The zero-order valence-electron chi connectivity index (χ0n) is 8.98. The molecule has 0 spiro atoms. The molecule has 1 fully saturated rings. The SMILES string of the molecule is c1ccc(SCCC2CCCNC2)nc1. The number of pyridine rings is 1. The summed E-state index contributed by atoms with van der Waals surface area (Å²) in [5.74, 6) is 2.08. The Morgan fingerprint density at radius 1 is 1.47 bits per heavy atom. The quantitative estimate of drug-likeness (QED) is 0.793. The summed E-state index contributed by atoms with van der Waals surface area (Å²) in [4.78, 5) is 4.31. The van der Waals surface area contributed by atoms with Crippen molar-refractivity contribution in [2.45, 2.75) is 24.3 Å². The zero-order chi connectivity index (χ0) is 10.3. The fourth-order valence-corrected chi connectivity index (χ4v) is 2.90. The summed E-state index contributed by atoms with van der Waals surface area (Å²) >= 11 is 1.88. The summed E-state index contributed by atoms with van der Waals surface area (Å²) < 4.78 is 0. The van der Waals surface area contributed by atoms with Crippen LogP contribution in [0.3, 0.4) is 0 Å². The summed E-state index contributed by atoms with van der Waals surface area (Å²) in [5.41, 5.74) is 0. The lowest BCUT2D eigenvalue weighted by Crippen LogP contribution is -2.29. The van der Waals surface area contributed by atoms with Gasteiger partial charge in [0.2, 0.25) is 0 Å². The topological polar surface area (TPSA) is 24.9 Å². The van der Waals surface area contributed by atoms with Gasteiger partial charge in [-0.3, -0.25) is 0 Å². The molecule has 0 aromatic carbocycles. The average molecular weight is 222 g/mol. The molecule has 0 radical (unpaired) electrons. The van der Waals surface area contributed by atoms with Gasteiger partial charge in [0, 0.05) is 6.20 Å². The average Bonchev–Trinajstić information content (AvgIpc) is 2.32. The minimum absolute atomic E-state index is 0.884. The van der Waals surface area contributed by atoms with Gasteiger partial charge in [-0.05, 0) is 56.2 Å². The summed E-state index contributed by atoms with van der Waals surface area (Å²) in [7, 11) is 0. The number of nitrogens with one attached hydrogen (secondary N) is 1. The van der Waals surface area contributed by atoms with E-state index in [-0.39, 0.29) is 0 Å². The second kappa shape index (κ2) is 6.13. The van der Waals surface area contributed by atoms with Crippen LogP contribution < -0.4 is 5.32 Å². The molecule has 1 N–H and O–H groups in total. The van der Waals surface area contributed by atoms with Gasteiger partial charge in [-0.15, -0.1) is 11.8 Å². The number of aromatic nitrogens is 1. The van der Waals surface area contributed by atoms with Crippen molar-refractivity contribution in [3.63, 3.8) is 0 Å². The summed E-state index contributed by atoms with van der Waals surface area (Å²) in [6, 6.07) is 6.11.